The van der Waals surface area contributed by atoms with Crippen molar-refractivity contribution in [3.05, 3.63) is 239 Å². The zero-order chi connectivity index (χ0) is 59.9. The van der Waals surface area contributed by atoms with E-state index >= 15 is 4.39 Å². The van der Waals surface area contributed by atoms with Crippen LogP contribution in [-0.2, 0) is 16.2 Å². The number of hydrogen-bond acceptors (Lipinski definition) is 3. The van der Waals surface area contributed by atoms with Crippen LogP contribution >= 0.6 is 11.6 Å². The predicted octanol–water partition coefficient (Wildman–Crippen LogP) is 18.4. The van der Waals surface area contributed by atoms with Crippen molar-refractivity contribution in [3.63, 3.8) is 0 Å². The zero-order valence-corrected chi connectivity index (χ0v) is 47.1. The first-order chi connectivity index (χ1) is 40.4. The van der Waals surface area contributed by atoms with Crippen molar-refractivity contribution in [2.24, 2.45) is 0 Å². The molecule has 2 aliphatic heterocycles. The van der Waals surface area contributed by atoms with E-state index in [0.29, 0.717) is 50.3 Å². The van der Waals surface area contributed by atoms with E-state index in [9.17, 15) is 8.00 Å². The molecule has 0 unspecified atom stereocenters. The van der Waals surface area contributed by atoms with Gasteiger partial charge >= 0.3 is 0 Å². The van der Waals surface area contributed by atoms with E-state index in [2.05, 4.69) is 162 Å². The SMILES string of the molecule is [2H]c1c([2H])c([2H])c(-c2ccc3c(c2)N(c2c(-c4ccccc4)cc(C(C)(C)C)cc2-c2ccccc2)c2cc(F)cc4c2B3c2ccc(Cl)cc2N4c2ccc(C#N)c(-n3c4cc(C(C)(C)C)ccc4c4ccc(C(C)(C)C)cc43)c2)c([2H])c1[2H]. The Bertz CT molecular complexity index is 4510. The molecule has 390 valence electrons. The van der Waals surface area contributed by atoms with Gasteiger partial charge in [0.2, 0.25) is 0 Å². The summed E-state index contributed by atoms with van der Waals surface area (Å²) in [6.45, 7) is 19.3. The minimum absolute atomic E-state index is 0.0558. The number of nitrogens with zero attached hydrogens (tertiary/aromatic N) is 4. The Morgan fingerprint density at radius 3 is 1.57 bits per heavy atom. The summed E-state index contributed by atoms with van der Waals surface area (Å²) in [6, 6.07) is 59.4. The van der Waals surface area contributed by atoms with Crippen molar-refractivity contribution >= 4 is 90.6 Å². The largest absolute Gasteiger partial charge is 0.311 e. The van der Waals surface area contributed by atoms with Crippen LogP contribution in [-0.4, -0.2) is 11.3 Å². The second-order valence-electron chi connectivity index (χ2n) is 24.5. The second-order valence-corrected chi connectivity index (χ2v) is 24.9. The van der Waals surface area contributed by atoms with Crippen LogP contribution in [0.25, 0.3) is 60.9 Å². The predicted molar refractivity (Wildman–Crippen MR) is 337 cm³/mol. The lowest BCUT2D eigenvalue weighted by Crippen LogP contribution is -2.61. The van der Waals surface area contributed by atoms with Gasteiger partial charge in [-0.3, -0.25) is 0 Å². The molecule has 13 rings (SSSR count). The number of aromatic nitrogens is 1. The molecule has 0 fully saturated rings. The molecule has 2 aliphatic rings. The van der Waals surface area contributed by atoms with Crippen LogP contribution in [0.4, 0.5) is 38.5 Å². The van der Waals surface area contributed by atoms with Crippen molar-refractivity contribution in [1.82, 2.24) is 4.57 Å². The second kappa shape index (κ2) is 18.8. The molecule has 4 nitrogen and oxygen atoms in total. The lowest BCUT2D eigenvalue weighted by atomic mass is 9.33. The van der Waals surface area contributed by atoms with Crippen LogP contribution in [0.15, 0.2) is 206 Å². The normalized spacial score (nSPS) is 14.0. The maximum Gasteiger partial charge on any atom is 0.252 e. The van der Waals surface area contributed by atoms with Gasteiger partial charge in [0.15, 0.2) is 0 Å². The first-order valence-corrected chi connectivity index (χ1v) is 27.7. The summed E-state index contributed by atoms with van der Waals surface area (Å²) in [5.74, 6) is -0.507. The molecule has 0 atom stereocenters. The molecule has 3 heterocycles. The number of hydrogen-bond donors (Lipinski definition) is 0. The Labute approximate surface area is 482 Å². The fraction of sp³-hybridized carbons (Fsp3) is 0.164. The third-order valence-electron chi connectivity index (χ3n) is 16.3. The summed E-state index contributed by atoms with van der Waals surface area (Å²) in [5.41, 5.74) is 16.3. The molecule has 10 aromatic carbocycles. The average Bonchev–Trinajstić information content (AvgIpc) is 1.02. The van der Waals surface area contributed by atoms with E-state index in [0.717, 1.165) is 82.8 Å². The molecule has 0 saturated heterocycles. The van der Waals surface area contributed by atoms with Crippen molar-refractivity contribution in [2.75, 3.05) is 9.80 Å². The van der Waals surface area contributed by atoms with E-state index in [-0.39, 0.29) is 33.9 Å². The molecule has 0 radical (unpaired) electrons. The summed E-state index contributed by atoms with van der Waals surface area (Å²) < 4.78 is 64.8. The molecule has 0 bridgehead atoms. The van der Waals surface area contributed by atoms with E-state index in [4.69, 9.17) is 15.7 Å². The summed E-state index contributed by atoms with van der Waals surface area (Å²) in [5, 5.41) is 13.8. The molecule has 0 amide bonds. The Hall–Kier alpha value is -8.63. The van der Waals surface area contributed by atoms with Gasteiger partial charge in [-0.1, -0.05) is 207 Å². The quantitative estimate of drug-likeness (QED) is 0.156. The maximum atomic E-state index is 17.9. The van der Waals surface area contributed by atoms with E-state index < -0.39 is 30.7 Å². The molecule has 0 N–H and O–H groups in total. The van der Waals surface area contributed by atoms with Gasteiger partial charge in [0.25, 0.3) is 6.71 Å². The van der Waals surface area contributed by atoms with Crippen LogP contribution in [0.5, 0.6) is 0 Å². The number of halogens is 2. The highest BCUT2D eigenvalue weighted by Gasteiger charge is 2.45. The van der Waals surface area contributed by atoms with Crippen molar-refractivity contribution in [1.29, 1.82) is 5.26 Å². The summed E-state index contributed by atoms with van der Waals surface area (Å²) in [7, 11) is 0. The Balaban J connectivity index is 1.15. The monoisotopic (exact) mass is 1060 g/mol. The minimum Gasteiger partial charge on any atom is -0.311 e. The van der Waals surface area contributed by atoms with Crippen molar-refractivity contribution in [3.8, 4) is 45.1 Å². The van der Waals surface area contributed by atoms with Crippen LogP contribution in [0.1, 0.15) is 91.4 Å². The van der Waals surface area contributed by atoms with E-state index in [1.54, 1.807) is 12.1 Å². The summed E-state index contributed by atoms with van der Waals surface area (Å²) >= 11 is 7.14. The van der Waals surface area contributed by atoms with Crippen LogP contribution in [0.3, 0.4) is 0 Å². The van der Waals surface area contributed by atoms with Crippen molar-refractivity contribution < 1.29 is 11.2 Å². The smallest absolute Gasteiger partial charge is 0.252 e. The Morgan fingerprint density at radius 1 is 0.487 bits per heavy atom. The highest BCUT2D eigenvalue weighted by atomic mass is 35.5. The zero-order valence-electron chi connectivity index (χ0n) is 51.4. The van der Waals surface area contributed by atoms with Crippen LogP contribution in [0.2, 0.25) is 5.02 Å². The van der Waals surface area contributed by atoms with Gasteiger partial charge in [-0.2, -0.15) is 5.26 Å². The first-order valence-electron chi connectivity index (χ1n) is 29.8. The highest BCUT2D eigenvalue weighted by Crippen LogP contribution is 2.52. The average molecular weight is 1060 g/mol. The number of benzene rings is 10. The molecular weight excluding hydrogens is 998 g/mol. The van der Waals surface area contributed by atoms with Gasteiger partial charge < -0.3 is 14.4 Å². The third-order valence-corrected chi connectivity index (χ3v) is 16.5. The molecule has 7 heteroatoms. The fourth-order valence-corrected chi connectivity index (χ4v) is 12.3. The van der Waals surface area contributed by atoms with Crippen molar-refractivity contribution in [2.45, 2.75) is 78.6 Å². The first kappa shape index (κ1) is 45.3. The minimum atomic E-state index is -0.537. The Morgan fingerprint density at radius 2 is 1.02 bits per heavy atom. The van der Waals surface area contributed by atoms with Gasteiger partial charge in [-0.05, 0) is 144 Å². The topological polar surface area (TPSA) is 35.2 Å². The van der Waals surface area contributed by atoms with Crippen LogP contribution < -0.4 is 26.2 Å². The van der Waals surface area contributed by atoms with Gasteiger partial charge in [-0.15, -0.1) is 0 Å². The van der Waals surface area contributed by atoms with Crippen LogP contribution in [0, 0.1) is 17.1 Å². The third kappa shape index (κ3) is 8.41. The van der Waals surface area contributed by atoms with E-state index in [1.807, 2.05) is 84.9 Å². The molecule has 1 aromatic heterocycles. The number of nitriles is 1. The summed E-state index contributed by atoms with van der Waals surface area (Å²) in [4.78, 5) is 4.23. The molecule has 0 saturated carbocycles. The molecule has 80 heavy (non-hydrogen) atoms. The van der Waals surface area contributed by atoms with Gasteiger partial charge in [0, 0.05) is 55.4 Å². The standard InChI is InChI=1S/C73H61BClFN4/c1-71(2,3)50-27-31-56-57-32-28-51(72(4,5)6)39-64(57)79(63(56)38-50)62-43-55(30-25-49(62)44-77)78-66-40-53(75)29-34-61(66)74-60-33-26-48(45-19-13-10-14-20-45)35-65(60)80(68-42-54(76)41-67(78)69(68)74)70-58(46-21-15-11-16-22-46)36-52(73(7,8)9)37-59(70)47-23-17-12-18-24-47/h10-43H,1-9H3/i10D,13D,14D,19D,20D. The molecule has 11 aromatic rings. The molecule has 0 aliphatic carbocycles. The highest BCUT2D eigenvalue weighted by molar-refractivity contribution is 7.00. The summed E-state index contributed by atoms with van der Waals surface area (Å²) in [6.07, 6.45) is 0. The lowest BCUT2D eigenvalue weighted by Gasteiger charge is -2.45. The molecule has 0 spiro atoms. The fourth-order valence-electron chi connectivity index (χ4n) is 12.1. The van der Waals surface area contributed by atoms with E-state index in [1.165, 1.54) is 0 Å². The maximum absolute atomic E-state index is 17.9. The Kier molecular flexibility index (Phi) is 10.6. The number of fused-ring (bicyclic) bond motifs is 7. The lowest BCUT2D eigenvalue weighted by molar-refractivity contribution is 0.590. The van der Waals surface area contributed by atoms with Gasteiger partial charge in [0.05, 0.1) is 34.8 Å². The number of rotatable bonds is 6. The van der Waals surface area contributed by atoms with Gasteiger partial charge in [-0.25, -0.2) is 4.39 Å². The number of anilines is 6. The molecular formula is C73H61BClFN4. The van der Waals surface area contributed by atoms with Gasteiger partial charge in [0.1, 0.15) is 11.9 Å².